The van der Waals surface area contributed by atoms with Crippen molar-refractivity contribution in [3.8, 4) is 0 Å². The molecule has 1 aliphatic rings. The molecule has 0 bridgehead atoms. The minimum atomic E-state index is -0.529. The molecule has 0 N–H and O–H groups in total. The van der Waals surface area contributed by atoms with Gasteiger partial charge in [0.2, 0.25) is 11.8 Å². The summed E-state index contributed by atoms with van der Waals surface area (Å²) in [6, 6.07) is 3.52. The molecule has 1 atom stereocenters. The van der Waals surface area contributed by atoms with Crippen LogP contribution in [0.15, 0.2) is 18.2 Å². The van der Waals surface area contributed by atoms with Crippen LogP contribution in [0.2, 0.25) is 5.02 Å². The summed E-state index contributed by atoms with van der Waals surface area (Å²) >= 11 is 5.99. The molecule has 1 heterocycles. The molecule has 0 aliphatic carbocycles. The molecule has 0 saturated carbocycles. The SMILES string of the molecule is CCCN1CC(=O)N(Cc2ccc(F)cc2Cl)[C@H](C)C1=O. The third-order valence-electron chi connectivity index (χ3n) is 3.63. The van der Waals surface area contributed by atoms with Crippen molar-refractivity contribution in [2.45, 2.75) is 32.9 Å². The van der Waals surface area contributed by atoms with E-state index in [2.05, 4.69) is 0 Å². The van der Waals surface area contributed by atoms with Gasteiger partial charge in [0.1, 0.15) is 11.9 Å². The van der Waals surface area contributed by atoms with Crippen LogP contribution in [0.1, 0.15) is 25.8 Å². The fourth-order valence-electron chi connectivity index (χ4n) is 2.46. The van der Waals surface area contributed by atoms with Gasteiger partial charge in [-0.1, -0.05) is 24.6 Å². The molecule has 4 nitrogen and oxygen atoms in total. The summed E-state index contributed by atoms with van der Waals surface area (Å²) in [5, 5.41) is 0.262. The van der Waals surface area contributed by atoms with E-state index in [0.717, 1.165) is 6.42 Å². The first kappa shape index (κ1) is 15.8. The van der Waals surface area contributed by atoms with E-state index in [-0.39, 0.29) is 29.9 Å². The van der Waals surface area contributed by atoms with Gasteiger partial charge in [0.05, 0.1) is 6.54 Å². The fraction of sp³-hybridized carbons (Fsp3) is 0.467. The molecular formula is C15H18ClFN2O2. The molecule has 6 heteroatoms. The lowest BCUT2D eigenvalue weighted by molar-refractivity contribution is -0.155. The number of rotatable bonds is 4. The van der Waals surface area contributed by atoms with Crippen LogP contribution in [0, 0.1) is 5.82 Å². The normalized spacial score (nSPS) is 19.3. The minimum absolute atomic E-state index is 0.0605. The molecule has 114 valence electrons. The summed E-state index contributed by atoms with van der Waals surface area (Å²) in [5.41, 5.74) is 0.634. The summed E-state index contributed by atoms with van der Waals surface area (Å²) in [6.45, 7) is 4.56. The van der Waals surface area contributed by atoms with Gasteiger partial charge in [0.25, 0.3) is 0 Å². The lowest BCUT2D eigenvalue weighted by atomic mass is 10.1. The number of piperazine rings is 1. The first-order valence-corrected chi connectivity index (χ1v) is 7.34. The third kappa shape index (κ3) is 3.35. The Balaban J connectivity index is 2.16. The Bertz CT molecular complexity index is 565. The Morgan fingerprint density at radius 1 is 1.38 bits per heavy atom. The number of hydrogen-bond acceptors (Lipinski definition) is 2. The molecule has 21 heavy (non-hydrogen) atoms. The highest BCUT2D eigenvalue weighted by Gasteiger charge is 2.36. The Morgan fingerprint density at radius 3 is 2.71 bits per heavy atom. The van der Waals surface area contributed by atoms with E-state index in [9.17, 15) is 14.0 Å². The van der Waals surface area contributed by atoms with Crippen molar-refractivity contribution in [1.82, 2.24) is 9.80 Å². The van der Waals surface area contributed by atoms with E-state index in [1.165, 1.54) is 17.0 Å². The van der Waals surface area contributed by atoms with Gasteiger partial charge in [0, 0.05) is 18.1 Å². The van der Waals surface area contributed by atoms with Crippen molar-refractivity contribution in [3.63, 3.8) is 0 Å². The van der Waals surface area contributed by atoms with Gasteiger partial charge in [-0.25, -0.2) is 4.39 Å². The lowest BCUT2D eigenvalue weighted by Crippen LogP contribution is -2.58. The van der Waals surface area contributed by atoms with Gasteiger partial charge in [0.15, 0.2) is 0 Å². The maximum Gasteiger partial charge on any atom is 0.245 e. The number of carbonyl (C=O) groups is 2. The highest BCUT2D eigenvalue weighted by atomic mass is 35.5. The number of carbonyl (C=O) groups excluding carboxylic acids is 2. The van der Waals surface area contributed by atoms with Crippen LogP contribution in [-0.2, 0) is 16.1 Å². The topological polar surface area (TPSA) is 40.6 Å². The quantitative estimate of drug-likeness (QED) is 0.857. The summed E-state index contributed by atoms with van der Waals surface area (Å²) in [6.07, 6.45) is 0.815. The van der Waals surface area contributed by atoms with Crippen molar-refractivity contribution in [2.75, 3.05) is 13.1 Å². The molecule has 0 radical (unpaired) electrons. The van der Waals surface area contributed by atoms with Gasteiger partial charge in [-0.2, -0.15) is 0 Å². The van der Waals surface area contributed by atoms with Crippen molar-refractivity contribution in [1.29, 1.82) is 0 Å². The average molecular weight is 313 g/mol. The van der Waals surface area contributed by atoms with Crippen LogP contribution < -0.4 is 0 Å². The van der Waals surface area contributed by atoms with Crippen molar-refractivity contribution >= 4 is 23.4 Å². The summed E-state index contributed by atoms with van der Waals surface area (Å²) in [5.74, 6) is -0.599. The second-order valence-corrected chi connectivity index (χ2v) is 5.60. The minimum Gasteiger partial charge on any atom is -0.332 e. The summed E-state index contributed by atoms with van der Waals surface area (Å²) in [4.78, 5) is 27.5. The van der Waals surface area contributed by atoms with E-state index < -0.39 is 11.9 Å². The fourth-order valence-corrected chi connectivity index (χ4v) is 2.69. The Hall–Kier alpha value is -1.62. The summed E-state index contributed by atoms with van der Waals surface area (Å²) in [7, 11) is 0. The third-order valence-corrected chi connectivity index (χ3v) is 3.98. The number of amides is 2. The van der Waals surface area contributed by atoms with Gasteiger partial charge in [-0.05, 0) is 31.0 Å². The van der Waals surface area contributed by atoms with Gasteiger partial charge in [-0.15, -0.1) is 0 Å². The predicted molar refractivity (Wildman–Crippen MR) is 78.3 cm³/mol. The smallest absolute Gasteiger partial charge is 0.245 e. The summed E-state index contributed by atoms with van der Waals surface area (Å²) < 4.78 is 13.1. The molecular weight excluding hydrogens is 295 g/mol. The number of hydrogen-bond donors (Lipinski definition) is 0. The first-order chi connectivity index (χ1) is 9.93. The van der Waals surface area contributed by atoms with E-state index >= 15 is 0 Å². The maximum atomic E-state index is 13.1. The van der Waals surface area contributed by atoms with Gasteiger partial charge >= 0.3 is 0 Å². The molecule has 1 saturated heterocycles. The van der Waals surface area contributed by atoms with Crippen molar-refractivity contribution in [2.24, 2.45) is 0 Å². The van der Waals surface area contributed by atoms with E-state index in [1.807, 2.05) is 6.92 Å². The van der Waals surface area contributed by atoms with Crippen LogP contribution in [-0.4, -0.2) is 40.7 Å². The molecule has 0 unspecified atom stereocenters. The standard InChI is InChI=1S/C15H18ClFN2O2/c1-3-6-18-9-14(20)19(10(2)15(18)21)8-11-4-5-12(17)7-13(11)16/h4-5,7,10H,3,6,8-9H2,1-2H3/t10-/m1/s1. The van der Waals surface area contributed by atoms with Crippen LogP contribution >= 0.6 is 11.6 Å². The number of halogens is 2. The van der Waals surface area contributed by atoms with Crippen LogP contribution in [0.5, 0.6) is 0 Å². The highest BCUT2D eigenvalue weighted by Crippen LogP contribution is 2.22. The van der Waals surface area contributed by atoms with Crippen molar-refractivity contribution in [3.05, 3.63) is 34.6 Å². The van der Waals surface area contributed by atoms with Gasteiger partial charge < -0.3 is 9.80 Å². The zero-order chi connectivity index (χ0) is 15.6. The van der Waals surface area contributed by atoms with Crippen molar-refractivity contribution < 1.29 is 14.0 Å². The molecule has 1 aromatic rings. The van der Waals surface area contributed by atoms with E-state index in [1.54, 1.807) is 17.9 Å². The largest absolute Gasteiger partial charge is 0.332 e. The van der Waals surface area contributed by atoms with Crippen LogP contribution in [0.3, 0.4) is 0 Å². The van der Waals surface area contributed by atoms with Crippen LogP contribution in [0.4, 0.5) is 4.39 Å². The van der Waals surface area contributed by atoms with Gasteiger partial charge in [-0.3, -0.25) is 9.59 Å². The Labute approximate surface area is 128 Å². The maximum absolute atomic E-state index is 13.1. The first-order valence-electron chi connectivity index (χ1n) is 6.96. The molecule has 1 fully saturated rings. The zero-order valence-corrected chi connectivity index (χ0v) is 12.9. The number of benzene rings is 1. The Morgan fingerprint density at radius 2 is 2.10 bits per heavy atom. The average Bonchev–Trinajstić information content (AvgIpc) is 2.43. The molecule has 0 spiro atoms. The second-order valence-electron chi connectivity index (χ2n) is 5.19. The molecule has 1 aromatic carbocycles. The molecule has 2 rings (SSSR count). The predicted octanol–water partition coefficient (Wildman–Crippen LogP) is 2.45. The second kappa shape index (κ2) is 6.43. The molecule has 0 aromatic heterocycles. The van der Waals surface area contributed by atoms with E-state index in [0.29, 0.717) is 12.1 Å². The highest BCUT2D eigenvalue weighted by molar-refractivity contribution is 6.31. The zero-order valence-electron chi connectivity index (χ0n) is 12.1. The van der Waals surface area contributed by atoms with E-state index in [4.69, 9.17) is 11.6 Å². The Kier molecular flexibility index (Phi) is 4.83. The lowest BCUT2D eigenvalue weighted by Gasteiger charge is -2.38. The monoisotopic (exact) mass is 312 g/mol. The molecule has 2 amide bonds. The molecule has 1 aliphatic heterocycles. The number of nitrogens with zero attached hydrogens (tertiary/aromatic N) is 2. The van der Waals surface area contributed by atoms with Crippen LogP contribution in [0.25, 0.3) is 0 Å².